The van der Waals surface area contributed by atoms with Crippen molar-refractivity contribution in [2.24, 2.45) is 10.9 Å². The van der Waals surface area contributed by atoms with Crippen LogP contribution in [0.15, 0.2) is 47.6 Å². The van der Waals surface area contributed by atoms with Gasteiger partial charge in [0.1, 0.15) is 12.4 Å². The van der Waals surface area contributed by atoms with Crippen LogP contribution in [0.25, 0.3) is 0 Å². The second-order valence-corrected chi connectivity index (χ2v) is 4.92. The van der Waals surface area contributed by atoms with E-state index in [-0.39, 0.29) is 5.84 Å². The second kappa shape index (κ2) is 6.79. The molecule has 0 radical (unpaired) electrons. The molecule has 0 aliphatic heterocycles. The fraction of sp³-hybridized carbons (Fsp3) is 0.235. The molecule has 2 rings (SSSR count). The predicted octanol–water partition coefficient (Wildman–Crippen LogP) is 3.23. The van der Waals surface area contributed by atoms with E-state index in [0.717, 1.165) is 23.3 Å². The standard InChI is InChI=1S/C17H20N2O2/c1-3-13-5-4-6-16(10-13)21-11-15-8-7-14(9-12(15)2)17(18)19-20/h4-10,20H,3,11H2,1-2H3,(H2,18,19). The maximum atomic E-state index is 8.69. The van der Waals surface area contributed by atoms with Crippen LogP contribution in [0, 0.1) is 6.92 Å². The van der Waals surface area contributed by atoms with Crippen molar-refractivity contribution in [3.63, 3.8) is 0 Å². The van der Waals surface area contributed by atoms with Crippen LogP contribution in [-0.4, -0.2) is 11.0 Å². The topological polar surface area (TPSA) is 67.8 Å². The van der Waals surface area contributed by atoms with Gasteiger partial charge in [-0.3, -0.25) is 0 Å². The van der Waals surface area contributed by atoms with E-state index in [0.29, 0.717) is 12.2 Å². The molecule has 3 N–H and O–H groups in total. The average Bonchev–Trinajstić information content (AvgIpc) is 2.53. The van der Waals surface area contributed by atoms with Gasteiger partial charge in [0, 0.05) is 5.56 Å². The Bertz CT molecular complexity index is 651. The Kier molecular flexibility index (Phi) is 4.82. The predicted molar refractivity (Wildman–Crippen MR) is 83.8 cm³/mol. The lowest BCUT2D eigenvalue weighted by atomic mass is 10.1. The van der Waals surface area contributed by atoms with E-state index in [2.05, 4.69) is 24.2 Å². The highest BCUT2D eigenvalue weighted by Gasteiger charge is 2.05. The Morgan fingerprint density at radius 3 is 2.71 bits per heavy atom. The molecule has 2 aromatic rings. The Labute approximate surface area is 124 Å². The van der Waals surface area contributed by atoms with E-state index < -0.39 is 0 Å². The summed E-state index contributed by atoms with van der Waals surface area (Å²) >= 11 is 0. The van der Waals surface area contributed by atoms with E-state index in [1.54, 1.807) is 0 Å². The molecule has 4 heteroatoms. The van der Waals surface area contributed by atoms with Gasteiger partial charge in [-0.15, -0.1) is 0 Å². The molecule has 21 heavy (non-hydrogen) atoms. The summed E-state index contributed by atoms with van der Waals surface area (Å²) in [6.45, 7) is 4.60. The molecule has 110 valence electrons. The number of benzene rings is 2. The van der Waals surface area contributed by atoms with Gasteiger partial charge in [-0.1, -0.05) is 36.3 Å². The number of hydrogen-bond acceptors (Lipinski definition) is 3. The third-order valence-corrected chi connectivity index (χ3v) is 3.45. The van der Waals surface area contributed by atoms with Gasteiger partial charge >= 0.3 is 0 Å². The zero-order chi connectivity index (χ0) is 15.2. The van der Waals surface area contributed by atoms with Gasteiger partial charge in [0.05, 0.1) is 0 Å². The molecule has 0 bridgehead atoms. The lowest BCUT2D eigenvalue weighted by Crippen LogP contribution is -2.13. The highest BCUT2D eigenvalue weighted by atomic mass is 16.5. The number of hydrogen-bond donors (Lipinski definition) is 2. The number of rotatable bonds is 5. The third kappa shape index (κ3) is 3.75. The molecule has 0 aliphatic carbocycles. The molecule has 2 aromatic carbocycles. The fourth-order valence-corrected chi connectivity index (χ4v) is 2.09. The monoisotopic (exact) mass is 284 g/mol. The van der Waals surface area contributed by atoms with E-state index in [9.17, 15) is 0 Å². The molecule has 0 atom stereocenters. The summed E-state index contributed by atoms with van der Waals surface area (Å²) in [5, 5.41) is 11.7. The zero-order valence-corrected chi connectivity index (χ0v) is 12.3. The summed E-state index contributed by atoms with van der Waals surface area (Å²) in [6.07, 6.45) is 0.991. The Morgan fingerprint density at radius 2 is 2.05 bits per heavy atom. The molecule has 0 saturated heterocycles. The fourth-order valence-electron chi connectivity index (χ4n) is 2.09. The first-order valence-corrected chi connectivity index (χ1v) is 6.93. The van der Waals surface area contributed by atoms with Crippen LogP contribution in [0.2, 0.25) is 0 Å². The lowest BCUT2D eigenvalue weighted by molar-refractivity contribution is 0.305. The number of oxime groups is 1. The first kappa shape index (κ1) is 14.9. The van der Waals surface area contributed by atoms with Gasteiger partial charge in [0.25, 0.3) is 0 Å². The average molecular weight is 284 g/mol. The minimum atomic E-state index is 0.112. The molecule has 0 spiro atoms. The van der Waals surface area contributed by atoms with E-state index in [1.165, 1.54) is 5.56 Å². The maximum Gasteiger partial charge on any atom is 0.170 e. The Hall–Kier alpha value is -2.49. The van der Waals surface area contributed by atoms with Crippen molar-refractivity contribution in [1.82, 2.24) is 0 Å². The quantitative estimate of drug-likeness (QED) is 0.383. The first-order chi connectivity index (χ1) is 10.1. The summed E-state index contributed by atoms with van der Waals surface area (Å²) in [5.74, 6) is 0.982. The van der Waals surface area contributed by atoms with E-state index >= 15 is 0 Å². The minimum absolute atomic E-state index is 0.112. The number of ether oxygens (including phenoxy) is 1. The highest BCUT2D eigenvalue weighted by Crippen LogP contribution is 2.17. The van der Waals surface area contributed by atoms with E-state index in [1.807, 2.05) is 37.3 Å². The number of nitrogens with zero attached hydrogens (tertiary/aromatic N) is 1. The van der Waals surface area contributed by atoms with Gasteiger partial charge in [-0.05, 0) is 48.2 Å². The Morgan fingerprint density at radius 1 is 1.24 bits per heavy atom. The summed E-state index contributed by atoms with van der Waals surface area (Å²) in [6, 6.07) is 13.7. The number of nitrogens with two attached hydrogens (primary N) is 1. The summed E-state index contributed by atoms with van der Waals surface area (Å²) in [7, 11) is 0. The van der Waals surface area contributed by atoms with Crippen molar-refractivity contribution >= 4 is 5.84 Å². The van der Waals surface area contributed by atoms with Gasteiger partial charge in [0.2, 0.25) is 0 Å². The largest absolute Gasteiger partial charge is 0.489 e. The number of amidine groups is 1. The lowest BCUT2D eigenvalue weighted by Gasteiger charge is -2.11. The van der Waals surface area contributed by atoms with Crippen molar-refractivity contribution in [3.05, 3.63) is 64.7 Å². The first-order valence-electron chi connectivity index (χ1n) is 6.93. The smallest absolute Gasteiger partial charge is 0.170 e. The van der Waals surface area contributed by atoms with Crippen molar-refractivity contribution in [1.29, 1.82) is 0 Å². The van der Waals surface area contributed by atoms with Crippen molar-refractivity contribution in [2.45, 2.75) is 26.9 Å². The molecular formula is C17H20N2O2. The third-order valence-electron chi connectivity index (χ3n) is 3.45. The van der Waals surface area contributed by atoms with Gasteiger partial charge in [-0.2, -0.15) is 0 Å². The normalized spacial score (nSPS) is 11.4. The van der Waals surface area contributed by atoms with Crippen LogP contribution in [0.3, 0.4) is 0 Å². The molecule has 0 heterocycles. The molecule has 0 saturated carbocycles. The highest BCUT2D eigenvalue weighted by molar-refractivity contribution is 5.97. The van der Waals surface area contributed by atoms with Crippen molar-refractivity contribution < 1.29 is 9.94 Å². The summed E-state index contributed by atoms with van der Waals surface area (Å²) in [4.78, 5) is 0. The summed E-state index contributed by atoms with van der Waals surface area (Å²) in [5.41, 5.74) is 9.66. The molecule has 0 aromatic heterocycles. The van der Waals surface area contributed by atoms with E-state index in [4.69, 9.17) is 15.7 Å². The van der Waals surface area contributed by atoms with Gasteiger partial charge < -0.3 is 15.7 Å². The van der Waals surface area contributed by atoms with Crippen LogP contribution in [0.4, 0.5) is 0 Å². The molecule has 0 amide bonds. The molecule has 0 unspecified atom stereocenters. The van der Waals surface area contributed by atoms with Crippen LogP contribution in [0.5, 0.6) is 5.75 Å². The molecule has 4 nitrogen and oxygen atoms in total. The molecule has 0 fully saturated rings. The SMILES string of the molecule is CCc1cccc(OCc2ccc(/C(N)=N/O)cc2C)c1. The summed E-state index contributed by atoms with van der Waals surface area (Å²) < 4.78 is 5.83. The van der Waals surface area contributed by atoms with Crippen LogP contribution in [-0.2, 0) is 13.0 Å². The zero-order valence-electron chi connectivity index (χ0n) is 12.3. The van der Waals surface area contributed by atoms with Crippen LogP contribution >= 0.6 is 0 Å². The minimum Gasteiger partial charge on any atom is -0.489 e. The molecule has 0 aliphatic rings. The second-order valence-electron chi connectivity index (χ2n) is 4.92. The van der Waals surface area contributed by atoms with Crippen LogP contribution in [0.1, 0.15) is 29.2 Å². The van der Waals surface area contributed by atoms with Crippen molar-refractivity contribution in [3.8, 4) is 5.75 Å². The van der Waals surface area contributed by atoms with Crippen LogP contribution < -0.4 is 10.5 Å². The van der Waals surface area contributed by atoms with Gasteiger partial charge in [0.15, 0.2) is 5.84 Å². The maximum absolute atomic E-state index is 8.69. The molecular weight excluding hydrogens is 264 g/mol. The van der Waals surface area contributed by atoms with Crippen molar-refractivity contribution in [2.75, 3.05) is 0 Å². The Balaban J connectivity index is 2.09. The van der Waals surface area contributed by atoms with Gasteiger partial charge in [-0.25, -0.2) is 0 Å². The number of aryl methyl sites for hydroxylation is 2.